The van der Waals surface area contributed by atoms with E-state index in [0.717, 1.165) is 11.3 Å². The molecule has 0 spiro atoms. The van der Waals surface area contributed by atoms with Gasteiger partial charge < -0.3 is 4.74 Å². The van der Waals surface area contributed by atoms with E-state index in [2.05, 4.69) is 14.6 Å². The smallest absolute Gasteiger partial charge is 0.327 e. The summed E-state index contributed by atoms with van der Waals surface area (Å²) >= 11 is 6.85. The van der Waals surface area contributed by atoms with Crippen LogP contribution >= 0.6 is 22.9 Å². The van der Waals surface area contributed by atoms with E-state index < -0.39 is 16.0 Å². The molecule has 0 saturated heterocycles. The molecule has 2 aromatic rings. The molecular formula is C11H12ClN3O4S2. The Balaban J connectivity index is 2.15. The molecule has 0 amide bonds. The molecule has 7 nitrogen and oxygen atoms in total. The van der Waals surface area contributed by atoms with Gasteiger partial charge in [-0.3, -0.25) is 14.2 Å². The van der Waals surface area contributed by atoms with Crippen LogP contribution in [0.15, 0.2) is 22.7 Å². The summed E-state index contributed by atoms with van der Waals surface area (Å²) in [5.41, 5.74) is 0.949. The quantitative estimate of drug-likeness (QED) is 0.832. The number of anilines is 1. The number of carbonyl (C=O) groups is 1. The van der Waals surface area contributed by atoms with Crippen LogP contribution in [0.1, 0.15) is 5.56 Å². The first-order valence-electron chi connectivity index (χ1n) is 5.70. The summed E-state index contributed by atoms with van der Waals surface area (Å²) < 4.78 is 33.0. The molecule has 1 N–H and O–H groups in total. The molecular weight excluding hydrogens is 338 g/mol. The van der Waals surface area contributed by atoms with Gasteiger partial charge in [0.25, 0.3) is 10.0 Å². The molecule has 0 aliphatic rings. The van der Waals surface area contributed by atoms with Crippen molar-refractivity contribution in [2.45, 2.75) is 17.7 Å². The number of aryl methyl sites for hydroxylation is 1. The number of carbonyl (C=O) groups excluding carboxylic acids is 1. The molecule has 0 aliphatic heterocycles. The van der Waals surface area contributed by atoms with Crippen molar-refractivity contribution in [1.29, 1.82) is 0 Å². The van der Waals surface area contributed by atoms with Gasteiger partial charge in [-0.25, -0.2) is 8.42 Å². The Hall–Kier alpha value is -1.58. The molecule has 0 atom stereocenters. The standard InChI is InChI=1S/C11H12ClN3O4S2/c1-7-3-10(20-11(7)12)21(17,18)14-8-4-13-15(5-8)6-9(16)19-2/h3-5,14H,6H2,1-2H3. The van der Waals surface area contributed by atoms with Gasteiger partial charge in [-0.15, -0.1) is 11.3 Å². The van der Waals surface area contributed by atoms with Crippen LogP contribution in [0.2, 0.25) is 4.34 Å². The number of rotatable bonds is 5. The van der Waals surface area contributed by atoms with E-state index in [4.69, 9.17) is 11.6 Å². The Labute approximate surface area is 130 Å². The second-order valence-corrected chi connectivity index (χ2v) is 7.69. The maximum absolute atomic E-state index is 12.2. The number of hydrogen-bond donors (Lipinski definition) is 1. The molecule has 0 aromatic carbocycles. The monoisotopic (exact) mass is 349 g/mol. The zero-order chi connectivity index (χ0) is 15.6. The van der Waals surface area contributed by atoms with Gasteiger partial charge in [0.05, 0.1) is 23.3 Å². The SMILES string of the molecule is COC(=O)Cn1cc(NS(=O)(=O)c2cc(C)c(Cl)s2)cn1. The molecule has 0 aliphatic carbocycles. The van der Waals surface area contributed by atoms with E-state index in [-0.39, 0.29) is 16.4 Å². The first-order chi connectivity index (χ1) is 9.81. The van der Waals surface area contributed by atoms with Crippen molar-refractivity contribution < 1.29 is 17.9 Å². The third kappa shape index (κ3) is 3.74. The number of halogens is 1. The van der Waals surface area contributed by atoms with Crippen LogP contribution in [-0.2, 0) is 26.1 Å². The van der Waals surface area contributed by atoms with Crippen molar-refractivity contribution in [1.82, 2.24) is 9.78 Å². The van der Waals surface area contributed by atoms with Crippen molar-refractivity contribution in [3.63, 3.8) is 0 Å². The predicted octanol–water partition coefficient (Wildman–Crippen LogP) is 1.88. The number of nitrogens with zero attached hydrogens (tertiary/aromatic N) is 2. The summed E-state index contributed by atoms with van der Waals surface area (Å²) in [5, 5.41) is 3.87. The number of ether oxygens (including phenoxy) is 1. The van der Waals surface area contributed by atoms with Crippen molar-refractivity contribution in [2.75, 3.05) is 11.8 Å². The Kier molecular flexibility index (Phi) is 4.55. The van der Waals surface area contributed by atoms with Crippen LogP contribution in [0.25, 0.3) is 0 Å². The normalized spacial score (nSPS) is 11.4. The lowest BCUT2D eigenvalue weighted by Gasteiger charge is -2.02. The van der Waals surface area contributed by atoms with Crippen molar-refractivity contribution in [3.05, 3.63) is 28.4 Å². The molecule has 0 bridgehead atoms. The van der Waals surface area contributed by atoms with Crippen LogP contribution in [0.3, 0.4) is 0 Å². The molecule has 0 radical (unpaired) electrons. The third-order valence-electron chi connectivity index (χ3n) is 2.50. The number of methoxy groups -OCH3 is 1. The maximum Gasteiger partial charge on any atom is 0.327 e. The maximum atomic E-state index is 12.2. The number of nitrogens with one attached hydrogen (secondary N) is 1. The summed E-state index contributed by atoms with van der Waals surface area (Å²) in [6.07, 6.45) is 2.71. The minimum absolute atomic E-state index is 0.0951. The Morgan fingerprint density at radius 2 is 2.29 bits per heavy atom. The molecule has 0 fully saturated rings. The van der Waals surface area contributed by atoms with Gasteiger partial charge in [-0.05, 0) is 18.6 Å². The van der Waals surface area contributed by atoms with E-state index in [9.17, 15) is 13.2 Å². The highest BCUT2D eigenvalue weighted by Crippen LogP contribution is 2.31. The Morgan fingerprint density at radius 3 is 2.86 bits per heavy atom. The summed E-state index contributed by atoms with van der Waals surface area (Å²) in [6, 6.07) is 1.49. The van der Waals surface area contributed by atoms with Crippen LogP contribution in [0, 0.1) is 6.92 Å². The zero-order valence-corrected chi connectivity index (χ0v) is 13.5. The van der Waals surface area contributed by atoms with E-state index in [1.807, 2.05) is 0 Å². The van der Waals surface area contributed by atoms with Crippen LogP contribution in [0.5, 0.6) is 0 Å². The van der Waals surface area contributed by atoms with E-state index >= 15 is 0 Å². The van der Waals surface area contributed by atoms with Crippen molar-refractivity contribution in [3.8, 4) is 0 Å². The summed E-state index contributed by atoms with van der Waals surface area (Å²) in [4.78, 5) is 11.1. The molecule has 2 aromatic heterocycles. The fourth-order valence-electron chi connectivity index (χ4n) is 1.47. The Bertz CT molecular complexity index is 747. The average molecular weight is 350 g/mol. The first-order valence-corrected chi connectivity index (χ1v) is 8.37. The largest absolute Gasteiger partial charge is 0.468 e. The number of hydrogen-bond acceptors (Lipinski definition) is 6. The lowest BCUT2D eigenvalue weighted by molar-refractivity contribution is -0.141. The molecule has 2 rings (SSSR count). The minimum atomic E-state index is -3.72. The van der Waals surface area contributed by atoms with E-state index in [1.165, 1.54) is 30.3 Å². The summed E-state index contributed by atoms with van der Waals surface area (Å²) in [6.45, 7) is 1.63. The summed E-state index contributed by atoms with van der Waals surface area (Å²) in [5.74, 6) is -0.479. The van der Waals surface area contributed by atoms with Gasteiger partial charge in [0, 0.05) is 6.20 Å². The third-order valence-corrected chi connectivity index (χ3v) is 5.91. The number of thiophene rings is 1. The summed E-state index contributed by atoms with van der Waals surface area (Å²) in [7, 11) is -2.46. The fraction of sp³-hybridized carbons (Fsp3) is 0.273. The lowest BCUT2D eigenvalue weighted by Crippen LogP contribution is -2.12. The van der Waals surface area contributed by atoms with Gasteiger partial charge in [-0.2, -0.15) is 5.10 Å². The van der Waals surface area contributed by atoms with E-state index in [0.29, 0.717) is 9.90 Å². The van der Waals surface area contributed by atoms with Gasteiger partial charge in [-0.1, -0.05) is 11.6 Å². The second kappa shape index (κ2) is 6.04. The number of esters is 1. The fourth-order valence-corrected chi connectivity index (χ4v) is 4.20. The molecule has 10 heteroatoms. The van der Waals surface area contributed by atoms with Crippen LogP contribution in [-0.4, -0.2) is 31.3 Å². The zero-order valence-electron chi connectivity index (χ0n) is 11.2. The highest BCUT2D eigenvalue weighted by atomic mass is 35.5. The predicted molar refractivity (Wildman–Crippen MR) is 79.1 cm³/mol. The number of aromatic nitrogens is 2. The van der Waals surface area contributed by atoms with Crippen LogP contribution < -0.4 is 4.72 Å². The average Bonchev–Trinajstić information content (AvgIpc) is 2.97. The van der Waals surface area contributed by atoms with Gasteiger partial charge in [0.15, 0.2) is 0 Å². The van der Waals surface area contributed by atoms with Crippen molar-refractivity contribution in [2.24, 2.45) is 0 Å². The first kappa shape index (κ1) is 15.8. The topological polar surface area (TPSA) is 90.3 Å². The lowest BCUT2D eigenvalue weighted by atomic mass is 10.4. The molecule has 114 valence electrons. The number of sulfonamides is 1. The van der Waals surface area contributed by atoms with Gasteiger partial charge >= 0.3 is 5.97 Å². The highest BCUT2D eigenvalue weighted by molar-refractivity contribution is 7.94. The van der Waals surface area contributed by atoms with Crippen LogP contribution in [0.4, 0.5) is 5.69 Å². The van der Waals surface area contributed by atoms with Crippen molar-refractivity contribution >= 4 is 44.6 Å². The molecule has 0 saturated carbocycles. The Morgan fingerprint density at radius 1 is 1.57 bits per heavy atom. The second-order valence-electron chi connectivity index (χ2n) is 4.13. The highest BCUT2D eigenvalue weighted by Gasteiger charge is 2.19. The molecule has 2 heterocycles. The minimum Gasteiger partial charge on any atom is -0.468 e. The van der Waals surface area contributed by atoms with Gasteiger partial charge in [0.2, 0.25) is 0 Å². The molecule has 21 heavy (non-hydrogen) atoms. The van der Waals surface area contributed by atoms with Gasteiger partial charge in [0.1, 0.15) is 10.8 Å². The van der Waals surface area contributed by atoms with E-state index in [1.54, 1.807) is 6.92 Å². The molecule has 0 unspecified atom stereocenters.